The predicted octanol–water partition coefficient (Wildman–Crippen LogP) is 2.08. The van der Waals surface area contributed by atoms with E-state index in [1.807, 2.05) is 29.5 Å². The molecule has 2 unspecified atom stereocenters. The van der Waals surface area contributed by atoms with Crippen molar-refractivity contribution in [1.82, 2.24) is 24.5 Å². The minimum Gasteiger partial charge on any atom is -0.349 e. The fraction of sp³-hybridized carbons (Fsp3) is 0.353. The third-order valence-electron chi connectivity index (χ3n) is 4.83. The summed E-state index contributed by atoms with van der Waals surface area (Å²) in [4.78, 5) is 11.8. The van der Waals surface area contributed by atoms with Crippen molar-refractivity contribution in [3.05, 3.63) is 37.1 Å². The van der Waals surface area contributed by atoms with E-state index in [2.05, 4.69) is 31.8 Å². The molecule has 0 radical (unpaired) electrons. The van der Waals surface area contributed by atoms with Crippen LogP contribution in [0.25, 0.3) is 22.3 Å². The first-order valence-electron chi connectivity index (χ1n) is 8.09. The van der Waals surface area contributed by atoms with Gasteiger partial charge in [-0.15, -0.1) is 0 Å². The summed E-state index contributed by atoms with van der Waals surface area (Å²) in [6.45, 7) is 1.71. The van der Waals surface area contributed by atoms with Gasteiger partial charge < -0.3 is 9.55 Å². The van der Waals surface area contributed by atoms with Crippen molar-refractivity contribution in [2.45, 2.75) is 18.9 Å². The summed E-state index contributed by atoms with van der Waals surface area (Å²) < 4.78 is 2.14. The van der Waals surface area contributed by atoms with Crippen LogP contribution < -0.4 is 5.84 Å². The molecule has 3 N–H and O–H groups in total. The molecule has 7 heteroatoms. The van der Waals surface area contributed by atoms with Crippen molar-refractivity contribution in [2.24, 2.45) is 11.8 Å². The highest BCUT2D eigenvalue weighted by Crippen LogP contribution is 2.32. The van der Waals surface area contributed by atoms with Crippen molar-refractivity contribution in [3.63, 3.8) is 0 Å². The van der Waals surface area contributed by atoms with Gasteiger partial charge in [-0.3, -0.25) is 5.84 Å². The molecule has 0 saturated carbocycles. The standard InChI is InChI=1S/C17H19N7/c18-5-1-15(12-4-8-24(19)10-12)23-7-3-13(9-23)16-14-2-6-20-17(14)22-11-21-16/h2-3,6-7,9,11-12,15H,1,4,8,10,19H2,(H,20,21,22). The Hall–Kier alpha value is -2.69. The van der Waals surface area contributed by atoms with Crippen molar-refractivity contribution >= 4 is 11.0 Å². The van der Waals surface area contributed by atoms with E-state index < -0.39 is 0 Å². The number of nitrogens with two attached hydrogens (primary N) is 1. The molecule has 1 aliphatic heterocycles. The lowest BCUT2D eigenvalue weighted by Gasteiger charge is -2.22. The van der Waals surface area contributed by atoms with Gasteiger partial charge in [0.05, 0.1) is 24.2 Å². The monoisotopic (exact) mass is 321 g/mol. The van der Waals surface area contributed by atoms with Gasteiger partial charge in [0.2, 0.25) is 0 Å². The zero-order valence-corrected chi connectivity index (χ0v) is 13.3. The van der Waals surface area contributed by atoms with Gasteiger partial charge in [-0.2, -0.15) is 5.26 Å². The molecule has 0 amide bonds. The van der Waals surface area contributed by atoms with Gasteiger partial charge >= 0.3 is 0 Å². The Labute approximate surface area is 139 Å². The maximum absolute atomic E-state index is 9.23. The lowest BCUT2D eigenvalue weighted by Crippen LogP contribution is -2.29. The van der Waals surface area contributed by atoms with Crippen LogP contribution in [0.15, 0.2) is 37.1 Å². The largest absolute Gasteiger partial charge is 0.349 e. The predicted molar refractivity (Wildman–Crippen MR) is 90.4 cm³/mol. The number of hydrogen-bond acceptors (Lipinski definition) is 5. The Bertz CT molecular complexity index is 888. The number of aromatic amines is 1. The summed E-state index contributed by atoms with van der Waals surface area (Å²) in [5.74, 6) is 6.30. The number of fused-ring (bicyclic) bond motifs is 1. The van der Waals surface area contributed by atoms with Gasteiger partial charge in [0.1, 0.15) is 12.0 Å². The maximum atomic E-state index is 9.23. The van der Waals surface area contributed by atoms with E-state index in [0.29, 0.717) is 12.3 Å². The smallest absolute Gasteiger partial charge is 0.141 e. The van der Waals surface area contributed by atoms with Gasteiger partial charge in [-0.1, -0.05) is 0 Å². The van der Waals surface area contributed by atoms with Gasteiger partial charge in [0.25, 0.3) is 0 Å². The van der Waals surface area contributed by atoms with Crippen molar-refractivity contribution in [3.8, 4) is 17.3 Å². The molecule has 1 fully saturated rings. The Morgan fingerprint density at radius 1 is 1.42 bits per heavy atom. The molecule has 7 nitrogen and oxygen atoms in total. The lowest BCUT2D eigenvalue weighted by molar-refractivity contribution is 0.295. The number of rotatable bonds is 4. The summed E-state index contributed by atoms with van der Waals surface area (Å²) in [6.07, 6.45) is 9.06. The van der Waals surface area contributed by atoms with Crippen LogP contribution in [0.1, 0.15) is 18.9 Å². The summed E-state index contributed by atoms with van der Waals surface area (Å²) in [5, 5.41) is 12.1. The maximum Gasteiger partial charge on any atom is 0.141 e. The Kier molecular flexibility index (Phi) is 3.76. The van der Waals surface area contributed by atoms with E-state index in [9.17, 15) is 5.26 Å². The number of hydrazine groups is 1. The molecule has 0 aromatic carbocycles. The molecule has 122 valence electrons. The van der Waals surface area contributed by atoms with Crippen molar-refractivity contribution in [1.29, 1.82) is 5.26 Å². The molecule has 4 heterocycles. The van der Waals surface area contributed by atoms with E-state index in [-0.39, 0.29) is 6.04 Å². The molecule has 2 atom stereocenters. The molecule has 0 bridgehead atoms. The average Bonchev–Trinajstić information content (AvgIpc) is 3.32. The summed E-state index contributed by atoms with van der Waals surface area (Å²) in [6, 6.07) is 6.50. The summed E-state index contributed by atoms with van der Waals surface area (Å²) in [7, 11) is 0. The first-order chi connectivity index (χ1) is 11.8. The fourth-order valence-electron chi connectivity index (χ4n) is 3.60. The molecule has 4 rings (SSSR count). The van der Waals surface area contributed by atoms with Crippen molar-refractivity contribution in [2.75, 3.05) is 13.1 Å². The third-order valence-corrected chi connectivity index (χ3v) is 4.83. The van der Waals surface area contributed by atoms with E-state index in [1.165, 1.54) is 0 Å². The average molecular weight is 321 g/mol. The topological polar surface area (TPSA) is 99.6 Å². The highest BCUT2D eigenvalue weighted by atomic mass is 15.4. The zero-order chi connectivity index (χ0) is 16.5. The Morgan fingerprint density at radius 3 is 3.12 bits per heavy atom. The van der Waals surface area contributed by atoms with Crippen molar-refractivity contribution < 1.29 is 0 Å². The van der Waals surface area contributed by atoms with Crippen LogP contribution >= 0.6 is 0 Å². The third kappa shape index (κ3) is 2.56. The minimum absolute atomic E-state index is 0.140. The normalized spacial score (nSPS) is 19.6. The Balaban J connectivity index is 1.68. The summed E-state index contributed by atoms with van der Waals surface area (Å²) >= 11 is 0. The first kappa shape index (κ1) is 14.9. The highest BCUT2D eigenvalue weighted by Gasteiger charge is 2.29. The highest BCUT2D eigenvalue weighted by molar-refractivity contribution is 5.90. The second-order valence-corrected chi connectivity index (χ2v) is 6.28. The second kappa shape index (κ2) is 6.07. The lowest BCUT2D eigenvalue weighted by atomic mass is 9.96. The van der Waals surface area contributed by atoms with Crippen LogP contribution in [0, 0.1) is 17.2 Å². The first-order valence-corrected chi connectivity index (χ1v) is 8.09. The van der Waals surface area contributed by atoms with Crippen LogP contribution in [0.5, 0.6) is 0 Å². The van der Waals surface area contributed by atoms with E-state index >= 15 is 0 Å². The molecule has 24 heavy (non-hydrogen) atoms. The van der Waals surface area contributed by atoms with Crippen LogP contribution in [0.4, 0.5) is 0 Å². The minimum atomic E-state index is 0.140. The van der Waals surface area contributed by atoms with Crippen LogP contribution in [-0.4, -0.2) is 37.6 Å². The van der Waals surface area contributed by atoms with Crippen LogP contribution in [0.2, 0.25) is 0 Å². The van der Waals surface area contributed by atoms with E-state index in [0.717, 1.165) is 41.8 Å². The molecule has 0 aliphatic carbocycles. The summed E-state index contributed by atoms with van der Waals surface area (Å²) in [5.41, 5.74) is 2.77. The van der Waals surface area contributed by atoms with Crippen LogP contribution in [0.3, 0.4) is 0 Å². The number of nitrogens with zero attached hydrogens (tertiary/aromatic N) is 5. The number of H-pyrrole nitrogens is 1. The Morgan fingerprint density at radius 2 is 2.33 bits per heavy atom. The SMILES string of the molecule is N#CCC(C1CCN(N)C1)n1ccc(-c2ncnc3[nH]ccc23)c1. The fourth-order valence-corrected chi connectivity index (χ4v) is 3.60. The molecule has 3 aromatic rings. The number of nitriles is 1. The molecule has 1 saturated heterocycles. The zero-order valence-electron chi connectivity index (χ0n) is 13.3. The van der Waals surface area contributed by atoms with Gasteiger partial charge in [0, 0.05) is 42.6 Å². The number of hydrogen-bond donors (Lipinski definition) is 2. The molecular formula is C17H19N7. The van der Waals surface area contributed by atoms with E-state index in [4.69, 9.17) is 5.84 Å². The molecule has 0 spiro atoms. The van der Waals surface area contributed by atoms with E-state index in [1.54, 1.807) is 6.33 Å². The van der Waals surface area contributed by atoms with Gasteiger partial charge in [0.15, 0.2) is 0 Å². The number of nitrogens with one attached hydrogen (secondary N) is 1. The van der Waals surface area contributed by atoms with Crippen LogP contribution in [-0.2, 0) is 0 Å². The molecule has 3 aromatic heterocycles. The quantitative estimate of drug-likeness (QED) is 0.717. The number of aromatic nitrogens is 4. The second-order valence-electron chi connectivity index (χ2n) is 6.28. The van der Waals surface area contributed by atoms with Gasteiger partial charge in [-0.25, -0.2) is 15.0 Å². The van der Waals surface area contributed by atoms with Gasteiger partial charge in [-0.05, 0) is 24.5 Å². The molecule has 1 aliphatic rings. The molecular weight excluding hydrogens is 302 g/mol.